The molecule has 3 aromatic heterocycles. The number of hydrogen-bond donors (Lipinski definition) is 2. The number of rotatable bonds is 6. The number of furan rings is 1. The van der Waals surface area contributed by atoms with Gasteiger partial charge >= 0.3 is 0 Å². The molecule has 0 spiro atoms. The van der Waals surface area contributed by atoms with Crippen molar-refractivity contribution in [3.05, 3.63) is 35.0 Å². The number of nitrogens with one attached hydrogen (secondary N) is 1. The molecule has 3 N–H and O–H groups in total. The van der Waals surface area contributed by atoms with Crippen LogP contribution in [0.2, 0.25) is 0 Å². The van der Waals surface area contributed by atoms with Crippen molar-refractivity contribution in [1.82, 2.24) is 30.7 Å². The van der Waals surface area contributed by atoms with Crippen LogP contribution in [-0.2, 0) is 11.3 Å². The Balaban J connectivity index is 1.81. The summed E-state index contributed by atoms with van der Waals surface area (Å²) in [5, 5.41) is 18.6. The number of carbonyl (C=O) groups is 1. The number of aromatic nitrogens is 5. The molecule has 3 aromatic rings. The van der Waals surface area contributed by atoms with Gasteiger partial charge in [-0.2, -0.15) is 9.78 Å². The average Bonchev–Trinajstić information content (AvgIpc) is 3.28. The molecule has 0 saturated carbocycles. The van der Waals surface area contributed by atoms with E-state index in [4.69, 9.17) is 14.9 Å². The fraction of sp³-hybridized carbons (Fsp3) is 0.231. The second-order valence-electron chi connectivity index (χ2n) is 4.85. The van der Waals surface area contributed by atoms with Crippen LogP contribution in [0.5, 0.6) is 0 Å². The number of nitrogens with two attached hydrogens (primary N) is 1. The first-order valence-corrected chi connectivity index (χ1v) is 7.02. The number of anilines is 1. The molecule has 0 unspecified atom stereocenters. The molecular formula is C13H14N8O4. The molecule has 0 aromatic carbocycles. The summed E-state index contributed by atoms with van der Waals surface area (Å²) in [6.07, 6.45) is 1.37. The smallest absolute Gasteiger partial charge is 0.293 e. The lowest BCUT2D eigenvalue weighted by atomic mass is 10.3. The number of ether oxygens (including phenoxy) is 1. The number of methoxy groups -OCH3 is 1. The van der Waals surface area contributed by atoms with Crippen LogP contribution >= 0.6 is 0 Å². The molecule has 0 atom stereocenters. The average molecular weight is 346 g/mol. The van der Waals surface area contributed by atoms with E-state index in [9.17, 15) is 4.79 Å². The van der Waals surface area contributed by atoms with Gasteiger partial charge in [0.2, 0.25) is 11.6 Å². The zero-order valence-corrected chi connectivity index (χ0v) is 13.3. The summed E-state index contributed by atoms with van der Waals surface area (Å²) in [6, 6.07) is 3.50. The molecule has 1 amide bonds. The van der Waals surface area contributed by atoms with Gasteiger partial charge in [0.05, 0.1) is 12.8 Å². The van der Waals surface area contributed by atoms with Gasteiger partial charge in [0.15, 0.2) is 5.69 Å². The Morgan fingerprint density at radius 1 is 1.48 bits per heavy atom. The van der Waals surface area contributed by atoms with Crippen molar-refractivity contribution >= 4 is 17.9 Å². The van der Waals surface area contributed by atoms with E-state index in [1.54, 1.807) is 19.1 Å². The lowest BCUT2D eigenvalue weighted by Gasteiger charge is -2.03. The van der Waals surface area contributed by atoms with Crippen LogP contribution in [0.3, 0.4) is 0 Å². The predicted molar refractivity (Wildman–Crippen MR) is 82.8 cm³/mol. The fourth-order valence-corrected chi connectivity index (χ4v) is 1.98. The maximum atomic E-state index is 12.3. The first kappa shape index (κ1) is 16.3. The van der Waals surface area contributed by atoms with Gasteiger partial charge in [0.25, 0.3) is 5.91 Å². The van der Waals surface area contributed by atoms with Crippen molar-refractivity contribution < 1.29 is 18.6 Å². The van der Waals surface area contributed by atoms with Gasteiger partial charge in [-0.1, -0.05) is 5.21 Å². The first-order chi connectivity index (χ1) is 12.1. The second-order valence-corrected chi connectivity index (χ2v) is 4.85. The van der Waals surface area contributed by atoms with Crippen LogP contribution in [0.4, 0.5) is 5.82 Å². The number of amides is 1. The number of aryl methyl sites for hydroxylation is 1. The van der Waals surface area contributed by atoms with Crippen molar-refractivity contribution in [1.29, 1.82) is 0 Å². The van der Waals surface area contributed by atoms with Gasteiger partial charge in [-0.3, -0.25) is 4.79 Å². The van der Waals surface area contributed by atoms with E-state index in [1.807, 2.05) is 0 Å². The van der Waals surface area contributed by atoms with Crippen molar-refractivity contribution in [3.63, 3.8) is 0 Å². The predicted octanol–water partition coefficient (Wildman–Crippen LogP) is 0.0442. The maximum Gasteiger partial charge on any atom is 0.293 e. The molecule has 3 rings (SSSR count). The summed E-state index contributed by atoms with van der Waals surface area (Å²) in [5.41, 5.74) is 8.28. The highest BCUT2D eigenvalue weighted by atomic mass is 16.6. The lowest BCUT2D eigenvalue weighted by Crippen LogP contribution is -2.20. The number of nitrogen functional groups attached to an aromatic ring is 1. The highest BCUT2D eigenvalue weighted by molar-refractivity contribution is 5.94. The molecule has 12 nitrogen and oxygen atoms in total. The van der Waals surface area contributed by atoms with Gasteiger partial charge in [-0.25, -0.2) is 10.1 Å². The number of hydrazone groups is 1. The van der Waals surface area contributed by atoms with E-state index < -0.39 is 5.91 Å². The Bertz CT molecular complexity index is 909. The minimum absolute atomic E-state index is 0.000390. The highest BCUT2D eigenvalue weighted by Gasteiger charge is 2.23. The Morgan fingerprint density at radius 2 is 2.32 bits per heavy atom. The molecule has 0 radical (unpaired) electrons. The van der Waals surface area contributed by atoms with Crippen LogP contribution < -0.4 is 11.2 Å². The van der Waals surface area contributed by atoms with Gasteiger partial charge in [0.1, 0.15) is 17.2 Å². The van der Waals surface area contributed by atoms with E-state index in [0.717, 1.165) is 5.76 Å². The fourth-order valence-electron chi connectivity index (χ4n) is 1.98. The Hall–Kier alpha value is -3.54. The second kappa shape index (κ2) is 6.92. The minimum atomic E-state index is -0.590. The normalized spacial score (nSPS) is 11.3. The van der Waals surface area contributed by atoms with Crippen molar-refractivity contribution in [2.75, 3.05) is 12.8 Å². The molecule has 0 aliphatic carbocycles. The molecule has 0 saturated heterocycles. The molecule has 0 fully saturated rings. The van der Waals surface area contributed by atoms with E-state index in [2.05, 4.69) is 35.8 Å². The van der Waals surface area contributed by atoms with E-state index in [1.165, 1.54) is 18.0 Å². The summed E-state index contributed by atoms with van der Waals surface area (Å²) in [5.74, 6) is 0.748. The molecular weight excluding hydrogens is 332 g/mol. The minimum Gasteiger partial charge on any atom is -0.460 e. The third kappa shape index (κ3) is 3.37. The zero-order chi connectivity index (χ0) is 17.8. The molecule has 0 aliphatic heterocycles. The summed E-state index contributed by atoms with van der Waals surface area (Å²) in [4.78, 5) is 12.3. The highest BCUT2D eigenvalue weighted by Crippen LogP contribution is 2.16. The van der Waals surface area contributed by atoms with Crippen molar-refractivity contribution in [2.45, 2.75) is 13.5 Å². The molecule has 130 valence electrons. The lowest BCUT2D eigenvalue weighted by molar-refractivity contribution is 0.0944. The quantitative estimate of drug-likeness (QED) is 0.464. The summed E-state index contributed by atoms with van der Waals surface area (Å²) >= 11 is 0. The van der Waals surface area contributed by atoms with Gasteiger partial charge in [-0.15, -0.1) is 5.10 Å². The SMILES string of the molecule is COCc1c(C(=O)N/N=C\c2ccc(C)o2)nnn1-c1nonc1N. The monoisotopic (exact) mass is 346 g/mol. The van der Waals surface area contributed by atoms with E-state index in [0.29, 0.717) is 11.5 Å². The maximum absolute atomic E-state index is 12.3. The Morgan fingerprint density at radius 3 is 2.96 bits per heavy atom. The van der Waals surface area contributed by atoms with Crippen molar-refractivity contribution in [2.24, 2.45) is 5.10 Å². The zero-order valence-electron chi connectivity index (χ0n) is 13.3. The van der Waals surface area contributed by atoms with Crippen LogP contribution in [-0.4, -0.2) is 44.5 Å². The van der Waals surface area contributed by atoms with Crippen LogP contribution in [0.1, 0.15) is 27.7 Å². The number of hydrogen-bond acceptors (Lipinski definition) is 10. The van der Waals surface area contributed by atoms with Crippen LogP contribution in [0, 0.1) is 6.92 Å². The molecule has 12 heteroatoms. The standard InChI is InChI=1S/C13H14N8O4/c1-7-3-4-8(24-7)5-15-17-13(22)10-9(6-23-2)21(20-16-10)12-11(14)18-25-19-12/h3-5H,6H2,1-2H3,(H2,14,18)(H,17,22)/b15-5-. The van der Waals surface area contributed by atoms with Crippen molar-refractivity contribution in [3.8, 4) is 5.82 Å². The number of nitrogens with zero attached hydrogens (tertiary/aromatic N) is 6. The largest absolute Gasteiger partial charge is 0.460 e. The van der Waals surface area contributed by atoms with Crippen LogP contribution in [0.15, 0.2) is 26.3 Å². The number of carbonyl (C=O) groups excluding carboxylic acids is 1. The van der Waals surface area contributed by atoms with Gasteiger partial charge in [-0.05, 0) is 29.4 Å². The van der Waals surface area contributed by atoms with E-state index in [-0.39, 0.29) is 23.9 Å². The molecule has 25 heavy (non-hydrogen) atoms. The summed E-state index contributed by atoms with van der Waals surface area (Å²) in [7, 11) is 1.46. The summed E-state index contributed by atoms with van der Waals surface area (Å²) < 4.78 is 16.1. The van der Waals surface area contributed by atoms with E-state index >= 15 is 0 Å². The Kier molecular flexibility index (Phi) is 4.52. The van der Waals surface area contributed by atoms with Crippen LogP contribution in [0.25, 0.3) is 5.82 Å². The third-order valence-electron chi connectivity index (χ3n) is 3.07. The Labute approximate surface area is 140 Å². The topological polar surface area (TPSA) is 159 Å². The first-order valence-electron chi connectivity index (χ1n) is 7.02. The third-order valence-corrected chi connectivity index (χ3v) is 3.07. The van der Waals surface area contributed by atoms with Gasteiger partial charge in [0, 0.05) is 7.11 Å². The molecule has 0 aliphatic rings. The molecule has 3 heterocycles. The summed E-state index contributed by atoms with van der Waals surface area (Å²) in [6.45, 7) is 1.83. The molecule has 0 bridgehead atoms. The van der Waals surface area contributed by atoms with Gasteiger partial charge < -0.3 is 14.9 Å².